The number of rotatable bonds is 7. The van der Waals surface area contributed by atoms with E-state index < -0.39 is 26.5 Å². The summed E-state index contributed by atoms with van der Waals surface area (Å²) in [6.45, 7) is 0. The monoisotopic (exact) mass is 510 g/mol. The molecular weight excluding hydrogens is 487 g/mol. The van der Waals surface area contributed by atoms with Crippen LogP contribution in [0.2, 0.25) is 0 Å². The maximum Gasteiger partial charge on any atom is 0.273 e. The summed E-state index contributed by atoms with van der Waals surface area (Å²) in [7, 11) is -4.13. The average Bonchev–Trinajstić information content (AvgIpc) is 3.49. The fourth-order valence-electron chi connectivity index (χ4n) is 4.77. The van der Waals surface area contributed by atoms with Crippen LogP contribution in [0.5, 0.6) is 0 Å². The van der Waals surface area contributed by atoms with E-state index in [0.29, 0.717) is 22.2 Å². The molecule has 0 aliphatic heterocycles. The number of sulfonamides is 1. The van der Waals surface area contributed by atoms with Gasteiger partial charge in [-0.05, 0) is 30.5 Å². The van der Waals surface area contributed by atoms with E-state index >= 15 is 4.39 Å². The third-order valence-electron chi connectivity index (χ3n) is 6.44. The first-order valence-electron chi connectivity index (χ1n) is 11.4. The first-order chi connectivity index (χ1) is 17.2. The molecule has 2 heterocycles. The van der Waals surface area contributed by atoms with Gasteiger partial charge in [0.25, 0.3) is 5.69 Å². The Hall–Kier alpha value is -4.06. The maximum absolute atomic E-state index is 15.1. The lowest BCUT2D eigenvalue weighted by Gasteiger charge is -2.12. The van der Waals surface area contributed by atoms with E-state index in [-0.39, 0.29) is 28.8 Å². The van der Waals surface area contributed by atoms with E-state index in [1.54, 1.807) is 6.07 Å². The summed E-state index contributed by atoms with van der Waals surface area (Å²) in [6.07, 6.45) is 7.58. The van der Waals surface area contributed by atoms with Crippen molar-refractivity contribution in [2.45, 2.75) is 37.5 Å². The molecule has 0 bridgehead atoms. The first-order valence-corrected chi connectivity index (χ1v) is 13.0. The average molecular weight is 511 g/mol. The van der Waals surface area contributed by atoms with Crippen molar-refractivity contribution in [3.05, 3.63) is 76.5 Å². The molecule has 186 valence electrons. The van der Waals surface area contributed by atoms with E-state index in [0.717, 1.165) is 25.7 Å². The molecule has 5 rings (SSSR count). The van der Waals surface area contributed by atoms with Crippen molar-refractivity contribution in [2.75, 3.05) is 10.5 Å². The van der Waals surface area contributed by atoms with Crippen LogP contribution in [0, 0.1) is 15.9 Å². The third kappa shape index (κ3) is 4.47. The van der Waals surface area contributed by atoms with Gasteiger partial charge in [0.1, 0.15) is 29.4 Å². The quantitative estimate of drug-likeness (QED) is 0.269. The highest BCUT2D eigenvalue weighted by Gasteiger charge is 2.24. The molecule has 4 aromatic rings. The van der Waals surface area contributed by atoms with Crippen LogP contribution in [0.25, 0.3) is 22.2 Å². The van der Waals surface area contributed by atoms with Crippen LogP contribution in [0.1, 0.15) is 37.3 Å². The minimum Gasteiger partial charge on any atom is -0.383 e. The number of para-hydroxylation sites is 1. The molecule has 0 atom stereocenters. The van der Waals surface area contributed by atoms with E-state index in [1.807, 2.05) is 6.20 Å². The Bertz CT molecular complexity index is 1580. The topological polar surface area (TPSA) is 146 Å². The lowest BCUT2D eigenvalue weighted by molar-refractivity contribution is -0.385. The summed E-state index contributed by atoms with van der Waals surface area (Å²) in [5.41, 5.74) is 7.42. The van der Waals surface area contributed by atoms with E-state index in [1.165, 1.54) is 42.7 Å². The molecule has 1 saturated carbocycles. The lowest BCUT2D eigenvalue weighted by Crippen LogP contribution is -2.16. The van der Waals surface area contributed by atoms with Gasteiger partial charge in [-0.15, -0.1) is 0 Å². The Kier molecular flexibility index (Phi) is 6.04. The number of fused-ring (bicyclic) bond motifs is 1. The number of nitro benzene ring substituents is 1. The summed E-state index contributed by atoms with van der Waals surface area (Å²) in [5, 5.41) is 11.8. The number of nitrogens with one attached hydrogen (secondary N) is 1. The van der Waals surface area contributed by atoms with Gasteiger partial charge in [0.2, 0.25) is 10.0 Å². The molecule has 0 radical (unpaired) electrons. The summed E-state index contributed by atoms with van der Waals surface area (Å²) in [6, 6.07) is 9.93. The molecule has 0 spiro atoms. The van der Waals surface area contributed by atoms with E-state index in [9.17, 15) is 18.5 Å². The number of halogens is 1. The fourth-order valence-corrected chi connectivity index (χ4v) is 6.00. The third-order valence-corrected chi connectivity index (χ3v) is 7.66. The number of nitro groups is 1. The van der Waals surface area contributed by atoms with Crippen molar-refractivity contribution in [2.24, 2.45) is 0 Å². The smallest absolute Gasteiger partial charge is 0.273 e. The SMILES string of the molecule is Nc1ncnc2c1c(-c1ccc(NS(=O)(=O)Cc3ccccc3[N+](=O)[O-])c(F)c1)cn2C1CCCC1. The molecule has 3 N–H and O–H groups in total. The largest absolute Gasteiger partial charge is 0.383 e. The van der Waals surface area contributed by atoms with Crippen molar-refractivity contribution in [3.8, 4) is 11.1 Å². The Balaban J connectivity index is 1.47. The predicted molar refractivity (Wildman–Crippen MR) is 134 cm³/mol. The van der Waals surface area contributed by atoms with Gasteiger partial charge in [-0.1, -0.05) is 37.1 Å². The van der Waals surface area contributed by atoms with Crippen molar-refractivity contribution in [1.82, 2.24) is 14.5 Å². The number of benzene rings is 2. The van der Waals surface area contributed by atoms with Gasteiger partial charge in [-0.2, -0.15) is 0 Å². The van der Waals surface area contributed by atoms with Crippen LogP contribution in [0.3, 0.4) is 0 Å². The summed E-state index contributed by atoms with van der Waals surface area (Å²) >= 11 is 0. The molecule has 12 heteroatoms. The van der Waals surface area contributed by atoms with Crippen molar-refractivity contribution in [1.29, 1.82) is 0 Å². The molecular formula is C24H23FN6O4S. The number of hydrogen-bond donors (Lipinski definition) is 2. The molecule has 10 nitrogen and oxygen atoms in total. The van der Waals surface area contributed by atoms with E-state index in [4.69, 9.17) is 5.73 Å². The number of nitrogen functional groups attached to an aromatic ring is 1. The Morgan fingerprint density at radius 3 is 2.64 bits per heavy atom. The number of hydrogen-bond acceptors (Lipinski definition) is 7. The predicted octanol–water partition coefficient (Wildman–Crippen LogP) is 4.78. The Morgan fingerprint density at radius 1 is 1.17 bits per heavy atom. The highest BCUT2D eigenvalue weighted by Crippen LogP contribution is 2.39. The molecule has 0 amide bonds. The van der Waals surface area contributed by atoms with Crippen LogP contribution in [0.4, 0.5) is 21.6 Å². The minimum atomic E-state index is -4.13. The zero-order valence-electron chi connectivity index (χ0n) is 19.1. The van der Waals surface area contributed by atoms with Gasteiger partial charge in [-0.25, -0.2) is 22.8 Å². The highest BCUT2D eigenvalue weighted by atomic mass is 32.2. The second-order valence-electron chi connectivity index (χ2n) is 8.79. The van der Waals surface area contributed by atoms with E-state index in [2.05, 4.69) is 19.3 Å². The summed E-state index contributed by atoms with van der Waals surface area (Å²) in [4.78, 5) is 19.1. The maximum atomic E-state index is 15.1. The van der Waals surface area contributed by atoms with Crippen LogP contribution < -0.4 is 10.5 Å². The van der Waals surface area contributed by atoms with Crippen molar-refractivity contribution >= 4 is 38.2 Å². The second-order valence-corrected chi connectivity index (χ2v) is 10.5. The highest BCUT2D eigenvalue weighted by molar-refractivity contribution is 7.91. The molecule has 1 aliphatic rings. The summed E-state index contributed by atoms with van der Waals surface area (Å²) in [5.74, 6) is -1.19. The van der Waals surface area contributed by atoms with Gasteiger partial charge in [0.15, 0.2) is 0 Å². The number of nitrogens with two attached hydrogens (primary N) is 1. The molecule has 0 unspecified atom stereocenters. The molecule has 2 aromatic carbocycles. The fraction of sp³-hybridized carbons (Fsp3) is 0.250. The zero-order chi connectivity index (χ0) is 25.4. The van der Waals surface area contributed by atoms with Crippen LogP contribution >= 0.6 is 0 Å². The standard InChI is InChI=1S/C24H23FN6O4S/c25-19-11-15(18-12-30(17-6-2-3-7-17)24-22(18)23(26)27-14-28-24)9-10-20(19)29-36(34,35)13-16-5-1-4-8-21(16)31(32)33/h1,4-5,8-12,14,17,29H,2-3,6-7,13H2,(H2,26,27,28). The number of aromatic nitrogens is 3. The van der Waals surface area contributed by atoms with Gasteiger partial charge in [0.05, 0.1) is 16.0 Å². The Labute approximate surface area is 206 Å². The van der Waals surface area contributed by atoms with Crippen LogP contribution in [-0.4, -0.2) is 27.9 Å². The van der Waals surface area contributed by atoms with Crippen molar-refractivity contribution in [3.63, 3.8) is 0 Å². The normalized spacial score (nSPS) is 14.4. The molecule has 1 aliphatic carbocycles. The Morgan fingerprint density at radius 2 is 1.92 bits per heavy atom. The minimum absolute atomic E-state index is 0.00206. The van der Waals surface area contributed by atoms with Crippen LogP contribution in [-0.2, 0) is 15.8 Å². The van der Waals surface area contributed by atoms with Crippen molar-refractivity contribution < 1.29 is 17.7 Å². The molecule has 36 heavy (non-hydrogen) atoms. The number of nitrogens with zero attached hydrogens (tertiary/aromatic N) is 4. The summed E-state index contributed by atoms with van der Waals surface area (Å²) < 4.78 is 44.7. The molecule has 2 aromatic heterocycles. The molecule has 1 fully saturated rings. The second kappa shape index (κ2) is 9.19. The van der Waals surface area contributed by atoms with Gasteiger partial charge in [-0.3, -0.25) is 14.8 Å². The van der Waals surface area contributed by atoms with Gasteiger partial charge < -0.3 is 10.3 Å². The lowest BCUT2D eigenvalue weighted by atomic mass is 10.1. The first kappa shape index (κ1) is 23.7. The zero-order valence-corrected chi connectivity index (χ0v) is 19.9. The van der Waals surface area contributed by atoms with Crippen LogP contribution in [0.15, 0.2) is 55.0 Å². The number of anilines is 2. The van der Waals surface area contributed by atoms with Gasteiger partial charge in [0, 0.05) is 29.4 Å². The van der Waals surface area contributed by atoms with Gasteiger partial charge >= 0.3 is 0 Å². The molecule has 0 saturated heterocycles.